The molecule has 0 aromatic heterocycles. The Morgan fingerprint density at radius 1 is 1.00 bits per heavy atom. The van der Waals surface area contributed by atoms with E-state index in [1.54, 1.807) is 0 Å². The van der Waals surface area contributed by atoms with Gasteiger partial charge < -0.3 is 20.8 Å². The van der Waals surface area contributed by atoms with E-state index in [0.717, 1.165) is 44.3 Å². The van der Waals surface area contributed by atoms with Gasteiger partial charge in [-0.15, -0.1) is 0 Å². The molecule has 2 aliphatic carbocycles. The molecule has 3 rings (SSSR count). The minimum Gasteiger partial charge on any atom is -0.390 e. The van der Waals surface area contributed by atoms with Crippen LogP contribution in [0.3, 0.4) is 0 Å². The Labute approximate surface area is 158 Å². The summed E-state index contributed by atoms with van der Waals surface area (Å²) in [6.45, 7) is 6.36. The summed E-state index contributed by atoms with van der Waals surface area (Å²) in [7, 11) is 0. The molecule has 1 aliphatic heterocycles. The SMILES string of the molecule is CC1CC(C(=O)N2CCC(C3CCCC(CN)C3)CC2)C(C)C(O)C1O. The van der Waals surface area contributed by atoms with Crippen LogP contribution in [-0.2, 0) is 4.79 Å². The minimum atomic E-state index is -0.791. The summed E-state index contributed by atoms with van der Waals surface area (Å²) in [6, 6.07) is 0. The Morgan fingerprint density at radius 3 is 2.35 bits per heavy atom. The number of nitrogens with zero attached hydrogens (tertiary/aromatic N) is 1. The number of amides is 1. The summed E-state index contributed by atoms with van der Waals surface area (Å²) < 4.78 is 0. The third kappa shape index (κ3) is 4.10. The number of aliphatic hydroxyl groups excluding tert-OH is 2. The minimum absolute atomic E-state index is 0.0249. The lowest BCUT2D eigenvalue weighted by Gasteiger charge is -2.44. The number of piperidine rings is 1. The summed E-state index contributed by atoms with van der Waals surface area (Å²) in [5.41, 5.74) is 5.89. The van der Waals surface area contributed by atoms with Crippen LogP contribution in [0.15, 0.2) is 0 Å². The topological polar surface area (TPSA) is 86.8 Å². The molecule has 0 radical (unpaired) electrons. The number of likely N-dealkylation sites (tertiary alicyclic amines) is 1. The number of aliphatic hydroxyl groups is 2. The number of rotatable bonds is 3. The monoisotopic (exact) mass is 366 g/mol. The van der Waals surface area contributed by atoms with Gasteiger partial charge in [0.05, 0.1) is 12.2 Å². The second kappa shape index (κ2) is 8.57. The Balaban J connectivity index is 1.53. The smallest absolute Gasteiger partial charge is 0.226 e. The average molecular weight is 367 g/mol. The maximum Gasteiger partial charge on any atom is 0.226 e. The number of carbonyl (C=O) groups is 1. The van der Waals surface area contributed by atoms with Crippen molar-refractivity contribution in [2.45, 2.75) is 71.0 Å². The third-order valence-electron chi connectivity index (χ3n) is 7.72. The van der Waals surface area contributed by atoms with Crippen LogP contribution in [0.25, 0.3) is 0 Å². The highest BCUT2D eigenvalue weighted by molar-refractivity contribution is 5.79. The van der Waals surface area contributed by atoms with Crippen LogP contribution in [0.5, 0.6) is 0 Å². The molecule has 26 heavy (non-hydrogen) atoms. The number of hydrogen-bond acceptors (Lipinski definition) is 4. The summed E-state index contributed by atoms with van der Waals surface area (Å²) in [4.78, 5) is 15.1. The second-order valence-corrected chi connectivity index (χ2v) is 9.35. The van der Waals surface area contributed by atoms with Gasteiger partial charge in [0.1, 0.15) is 0 Å². The summed E-state index contributed by atoms with van der Waals surface area (Å²) in [5.74, 6) is 2.07. The molecule has 1 heterocycles. The van der Waals surface area contributed by atoms with Crippen LogP contribution in [-0.4, -0.2) is 52.9 Å². The van der Waals surface area contributed by atoms with Crippen LogP contribution < -0.4 is 5.73 Å². The molecule has 7 unspecified atom stereocenters. The van der Waals surface area contributed by atoms with Crippen molar-refractivity contribution in [2.75, 3.05) is 19.6 Å². The fourth-order valence-electron chi connectivity index (χ4n) is 5.77. The van der Waals surface area contributed by atoms with E-state index in [4.69, 9.17) is 5.73 Å². The van der Waals surface area contributed by atoms with Crippen molar-refractivity contribution in [1.82, 2.24) is 4.90 Å². The summed E-state index contributed by atoms with van der Waals surface area (Å²) in [6.07, 6.45) is 6.60. The highest BCUT2D eigenvalue weighted by atomic mass is 16.3. The number of carbonyl (C=O) groups excluding carboxylic acids is 1. The molecular weight excluding hydrogens is 328 g/mol. The van der Waals surface area contributed by atoms with E-state index >= 15 is 0 Å². The zero-order valence-corrected chi connectivity index (χ0v) is 16.5. The first-order chi connectivity index (χ1) is 12.4. The summed E-state index contributed by atoms with van der Waals surface area (Å²) in [5, 5.41) is 20.3. The Bertz CT molecular complexity index is 478. The lowest BCUT2D eigenvalue weighted by Crippen LogP contribution is -2.52. The van der Waals surface area contributed by atoms with Gasteiger partial charge in [-0.1, -0.05) is 26.7 Å². The normalized spacial score (nSPS) is 42.7. The average Bonchev–Trinajstić information content (AvgIpc) is 2.68. The largest absolute Gasteiger partial charge is 0.390 e. The third-order valence-corrected chi connectivity index (χ3v) is 7.72. The van der Waals surface area contributed by atoms with Crippen molar-refractivity contribution < 1.29 is 15.0 Å². The van der Waals surface area contributed by atoms with Crippen LogP contribution in [0.2, 0.25) is 0 Å². The van der Waals surface area contributed by atoms with Crippen molar-refractivity contribution in [3.8, 4) is 0 Å². The van der Waals surface area contributed by atoms with E-state index < -0.39 is 12.2 Å². The molecule has 3 fully saturated rings. The highest BCUT2D eigenvalue weighted by Gasteiger charge is 2.44. The molecule has 0 aromatic carbocycles. The Kier molecular flexibility index (Phi) is 6.63. The van der Waals surface area contributed by atoms with E-state index in [1.165, 1.54) is 25.7 Å². The van der Waals surface area contributed by atoms with Crippen LogP contribution in [0, 0.1) is 35.5 Å². The first-order valence-electron chi connectivity index (χ1n) is 10.8. The number of nitrogens with two attached hydrogens (primary N) is 1. The van der Waals surface area contributed by atoms with Crippen molar-refractivity contribution in [3.05, 3.63) is 0 Å². The maximum absolute atomic E-state index is 13.1. The molecule has 150 valence electrons. The van der Waals surface area contributed by atoms with Gasteiger partial charge in [-0.25, -0.2) is 0 Å². The van der Waals surface area contributed by atoms with E-state index in [1.807, 2.05) is 18.7 Å². The van der Waals surface area contributed by atoms with Crippen LogP contribution in [0.4, 0.5) is 0 Å². The Hall–Kier alpha value is -0.650. The van der Waals surface area contributed by atoms with Crippen molar-refractivity contribution in [3.63, 3.8) is 0 Å². The first kappa shape index (κ1) is 20.1. The van der Waals surface area contributed by atoms with Gasteiger partial charge in [-0.05, 0) is 68.2 Å². The molecule has 4 N–H and O–H groups in total. The maximum atomic E-state index is 13.1. The lowest BCUT2D eigenvalue weighted by molar-refractivity contribution is -0.150. The standard InChI is InChI=1S/C21H38N2O3/c1-13-10-18(14(2)20(25)19(13)24)21(26)23-8-6-16(7-9-23)17-5-3-4-15(11-17)12-22/h13-20,24-25H,3-12,22H2,1-2H3. The van der Waals surface area contributed by atoms with E-state index in [2.05, 4.69) is 0 Å². The molecule has 3 aliphatic rings. The zero-order valence-electron chi connectivity index (χ0n) is 16.5. The molecule has 5 heteroatoms. The van der Waals surface area contributed by atoms with E-state index in [0.29, 0.717) is 12.3 Å². The Morgan fingerprint density at radius 2 is 1.69 bits per heavy atom. The number of hydrogen-bond donors (Lipinski definition) is 3. The van der Waals surface area contributed by atoms with Gasteiger partial charge in [-0.3, -0.25) is 4.79 Å². The predicted molar refractivity (Wildman–Crippen MR) is 102 cm³/mol. The fourth-order valence-corrected chi connectivity index (χ4v) is 5.77. The van der Waals surface area contributed by atoms with E-state index in [-0.39, 0.29) is 23.7 Å². The van der Waals surface area contributed by atoms with Crippen molar-refractivity contribution in [2.24, 2.45) is 41.2 Å². The molecular formula is C21H38N2O3. The fraction of sp³-hybridized carbons (Fsp3) is 0.952. The molecule has 5 nitrogen and oxygen atoms in total. The lowest BCUT2D eigenvalue weighted by atomic mass is 9.70. The van der Waals surface area contributed by atoms with Crippen LogP contribution in [0.1, 0.15) is 58.8 Å². The molecule has 1 amide bonds. The second-order valence-electron chi connectivity index (χ2n) is 9.35. The van der Waals surface area contributed by atoms with Gasteiger partial charge in [0.25, 0.3) is 0 Å². The molecule has 2 saturated carbocycles. The highest BCUT2D eigenvalue weighted by Crippen LogP contribution is 2.39. The van der Waals surface area contributed by atoms with Gasteiger partial charge in [0.15, 0.2) is 0 Å². The molecule has 0 aromatic rings. The molecule has 1 saturated heterocycles. The predicted octanol–water partition coefficient (Wildman–Crippen LogP) is 2.00. The quantitative estimate of drug-likeness (QED) is 0.713. The van der Waals surface area contributed by atoms with Gasteiger partial charge >= 0.3 is 0 Å². The molecule has 0 bridgehead atoms. The van der Waals surface area contributed by atoms with Gasteiger partial charge in [0, 0.05) is 19.0 Å². The van der Waals surface area contributed by atoms with Gasteiger partial charge in [-0.2, -0.15) is 0 Å². The van der Waals surface area contributed by atoms with Crippen LogP contribution >= 0.6 is 0 Å². The summed E-state index contributed by atoms with van der Waals surface area (Å²) >= 11 is 0. The molecule has 0 spiro atoms. The van der Waals surface area contributed by atoms with Crippen molar-refractivity contribution in [1.29, 1.82) is 0 Å². The van der Waals surface area contributed by atoms with Crippen molar-refractivity contribution >= 4 is 5.91 Å². The zero-order chi connectivity index (χ0) is 18.8. The first-order valence-corrected chi connectivity index (χ1v) is 10.8. The van der Waals surface area contributed by atoms with E-state index in [9.17, 15) is 15.0 Å². The van der Waals surface area contributed by atoms with Gasteiger partial charge in [0.2, 0.25) is 5.91 Å². The molecule has 7 atom stereocenters.